The molecule has 1 aliphatic rings. The summed E-state index contributed by atoms with van der Waals surface area (Å²) in [4.78, 5) is 0. The monoisotopic (exact) mass is 127 g/mol. The van der Waals surface area contributed by atoms with Crippen LogP contribution in [0.4, 0.5) is 0 Å². The summed E-state index contributed by atoms with van der Waals surface area (Å²) in [5.41, 5.74) is 5.84. The molecular weight excluding hydrogens is 110 g/mol. The number of hydrogen-bond acceptors (Lipinski definition) is 1. The molecule has 1 saturated carbocycles. The number of rotatable bonds is 0. The fourth-order valence-electron chi connectivity index (χ4n) is 1.69. The van der Waals surface area contributed by atoms with Crippen molar-refractivity contribution in [2.24, 2.45) is 17.6 Å². The fourth-order valence-corrected chi connectivity index (χ4v) is 1.69. The van der Waals surface area contributed by atoms with Crippen molar-refractivity contribution in [1.29, 1.82) is 0 Å². The molecule has 0 aromatic heterocycles. The highest BCUT2D eigenvalue weighted by molar-refractivity contribution is 4.77. The summed E-state index contributed by atoms with van der Waals surface area (Å²) in [5.74, 6) is 1.67. The van der Waals surface area contributed by atoms with Gasteiger partial charge in [0.15, 0.2) is 0 Å². The average Bonchev–Trinajstić information content (AvgIpc) is 1.80. The predicted molar refractivity (Wildman–Crippen MR) is 40.2 cm³/mol. The van der Waals surface area contributed by atoms with Crippen molar-refractivity contribution in [2.45, 2.75) is 39.2 Å². The van der Waals surface area contributed by atoms with Crippen LogP contribution in [0.15, 0.2) is 0 Å². The second-order valence-electron chi connectivity index (χ2n) is 3.56. The second kappa shape index (κ2) is 2.70. The van der Waals surface area contributed by atoms with E-state index < -0.39 is 0 Å². The normalized spacial score (nSPS) is 45.0. The quantitative estimate of drug-likeness (QED) is 0.527. The Kier molecular flexibility index (Phi) is 2.12. The Morgan fingerprint density at radius 3 is 2.33 bits per heavy atom. The van der Waals surface area contributed by atoms with Crippen molar-refractivity contribution in [1.82, 2.24) is 0 Å². The molecule has 9 heavy (non-hydrogen) atoms. The van der Waals surface area contributed by atoms with Crippen LogP contribution in [0, 0.1) is 11.8 Å². The molecule has 0 heterocycles. The first-order chi connectivity index (χ1) is 4.20. The lowest BCUT2D eigenvalue weighted by Crippen LogP contribution is -2.33. The summed E-state index contributed by atoms with van der Waals surface area (Å²) in [6.07, 6.45) is 3.91. The molecule has 0 unspecified atom stereocenters. The van der Waals surface area contributed by atoms with Crippen LogP contribution < -0.4 is 5.73 Å². The molecule has 0 aliphatic heterocycles. The van der Waals surface area contributed by atoms with Crippen LogP contribution in [0.5, 0.6) is 0 Å². The average molecular weight is 127 g/mol. The zero-order chi connectivity index (χ0) is 6.85. The Bertz CT molecular complexity index is 90.6. The van der Waals surface area contributed by atoms with E-state index in [1.165, 1.54) is 19.3 Å². The second-order valence-corrected chi connectivity index (χ2v) is 3.56. The molecular formula is C8H17N. The van der Waals surface area contributed by atoms with E-state index in [1.807, 2.05) is 0 Å². The van der Waals surface area contributed by atoms with E-state index in [1.54, 1.807) is 0 Å². The largest absolute Gasteiger partial charge is 0.327 e. The molecule has 0 aromatic carbocycles. The summed E-state index contributed by atoms with van der Waals surface area (Å²) in [5, 5.41) is 0. The van der Waals surface area contributed by atoms with Gasteiger partial charge in [0, 0.05) is 6.04 Å². The fraction of sp³-hybridized carbons (Fsp3) is 1.00. The van der Waals surface area contributed by atoms with Crippen LogP contribution in [-0.4, -0.2) is 6.04 Å². The van der Waals surface area contributed by atoms with Crippen molar-refractivity contribution in [2.75, 3.05) is 0 Å². The van der Waals surface area contributed by atoms with Crippen LogP contribution in [0.3, 0.4) is 0 Å². The van der Waals surface area contributed by atoms with E-state index in [2.05, 4.69) is 13.8 Å². The van der Waals surface area contributed by atoms with Gasteiger partial charge in [0.25, 0.3) is 0 Å². The molecule has 0 bridgehead atoms. The van der Waals surface area contributed by atoms with Gasteiger partial charge in [-0.2, -0.15) is 0 Å². The molecule has 0 saturated heterocycles. The van der Waals surface area contributed by atoms with Crippen LogP contribution >= 0.6 is 0 Å². The summed E-state index contributed by atoms with van der Waals surface area (Å²) in [7, 11) is 0. The molecule has 2 N–H and O–H groups in total. The van der Waals surface area contributed by atoms with Gasteiger partial charge in [0.1, 0.15) is 0 Å². The molecule has 0 spiro atoms. The molecule has 1 nitrogen and oxygen atoms in total. The standard InChI is InChI=1S/C8H17N/c1-6-3-4-8(9)7(2)5-6/h6-8H,3-5,9H2,1-2H3/t6-,7-,8-/m0/s1. The first kappa shape index (κ1) is 7.07. The highest BCUT2D eigenvalue weighted by Crippen LogP contribution is 2.26. The van der Waals surface area contributed by atoms with Gasteiger partial charge in [-0.15, -0.1) is 0 Å². The maximum Gasteiger partial charge on any atom is 0.00647 e. The zero-order valence-corrected chi connectivity index (χ0v) is 6.43. The summed E-state index contributed by atoms with van der Waals surface area (Å²) in [6, 6.07) is 0.487. The van der Waals surface area contributed by atoms with Crippen molar-refractivity contribution >= 4 is 0 Å². The van der Waals surface area contributed by atoms with E-state index in [0.29, 0.717) is 6.04 Å². The molecule has 1 fully saturated rings. The lowest BCUT2D eigenvalue weighted by Gasteiger charge is -2.29. The molecule has 0 amide bonds. The Labute approximate surface area is 57.6 Å². The summed E-state index contributed by atoms with van der Waals surface area (Å²) >= 11 is 0. The zero-order valence-electron chi connectivity index (χ0n) is 6.43. The van der Waals surface area contributed by atoms with Gasteiger partial charge in [-0.25, -0.2) is 0 Å². The van der Waals surface area contributed by atoms with E-state index in [-0.39, 0.29) is 0 Å². The molecule has 1 heteroatoms. The number of hydrogen-bond donors (Lipinski definition) is 1. The minimum Gasteiger partial charge on any atom is -0.327 e. The van der Waals surface area contributed by atoms with Crippen molar-refractivity contribution in [3.8, 4) is 0 Å². The summed E-state index contributed by atoms with van der Waals surface area (Å²) in [6.45, 7) is 4.59. The van der Waals surface area contributed by atoms with Crippen LogP contribution in [-0.2, 0) is 0 Å². The maximum atomic E-state index is 5.84. The highest BCUT2D eigenvalue weighted by Gasteiger charge is 2.21. The van der Waals surface area contributed by atoms with Gasteiger partial charge in [-0.05, 0) is 31.1 Å². The Balaban J connectivity index is 2.35. The minimum absolute atomic E-state index is 0.487. The van der Waals surface area contributed by atoms with Gasteiger partial charge in [0.2, 0.25) is 0 Å². The van der Waals surface area contributed by atoms with E-state index in [4.69, 9.17) is 5.73 Å². The van der Waals surface area contributed by atoms with Crippen molar-refractivity contribution < 1.29 is 0 Å². The Morgan fingerprint density at radius 2 is 1.89 bits per heavy atom. The molecule has 0 radical (unpaired) electrons. The molecule has 3 atom stereocenters. The molecule has 1 rings (SSSR count). The Hall–Kier alpha value is -0.0400. The number of nitrogens with two attached hydrogens (primary N) is 1. The van der Waals surface area contributed by atoms with E-state index in [9.17, 15) is 0 Å². The predicted octanol–water partition coefficient (Wildman–Crippen LogP) is 1.77. The Morgan fingerprint density at radius 1 is 1.22 bits per heavy atom. The first-order valence-electron chi connectivity index (χ1n) is 3.95. The van der Waals surface area contributed by atoms with Gasteiger partial charge < -0.3 is 5.73 Å². The van der Waals surface area contributed by atoms with Crippen molar-refractivity contribution in [3.63, 3.8) is 0 Å². The topological polar surface area (TPSA) is 26.0 Å². The third kappa shape index (κ3) is 1.68. The smallest absolute Gasteiger partial charge is 0.00647 e. The van der Waals surface area contributed by atoms with Gasteiger partial charge in [-0.3, -0.25) is 0 Å². The summed E-state index contributed by atoms with van der Waals surface area (Å²) < 4.78 is 0. The van der Waals surface area contributed by atoms with E-state index in [0.717, 1.165) is 11.8 Å². The lowest BCUT2D eigenvalue weighted by atomic mass is 9.80. The van der Waals surface area contributed by atoms with Crippen LogP contribution in [0.25, 0.3) is 0 Å². The van der Waals surface area contributed by atoms with Crippen LogP contribution in [0.2, 0.25) is 0 Å². The SMILES string of the molecule is C[C@H]1CC[C@H](N)[C@@H](C)C1. The molecule has 1 aliphatic carbocycles. The minimum atomic E-state index is 0.487. The maximum absolute atomic E-state index is 5.84. The van der Waals surface area contributed by atoms with Gasteiger partial charge in [0.05, 0.1) is 0 Å². The highest BCUT2D eigenvalue weighted by atomic mass is 14.7. The van der Waals surface area contributed by atoms with Crippen LogP contribution in [0.1, 0.15) is 33.1 Å². The van der Waals surface area contributed by atoms with E-state index >= 15 is 0 Å². The third-order valence-electron chi connectivity index (χ3n) is 2.50. The van der Waals surface area contributed by atoms with Gasteiger partial charge in [-0.1, -0.05) is 13.8 Å². The molecule has 0 aromatic rings. The van der Waals surface area contributed by atoms with Gasteiger partial charge >= 0.3 is 0 Å². The molecule has 54 valence electrons. The third-order valence-corrected chi connectivity index (χ3v) is 2.50. The first-order valence-corrected chi connectivity index (χ1v) is 3.95. The lowest BCUT2D eigenvalue weighted by molar-refractivity contribution is 0.263. The van der Waals surface area contributed by atoms with Crippen molar-refractivity contribution in [3.05, 3.63) is 0 Å².